The zero-order chi connectivity index (χ0) is 18.1. The summed E-state index contributed by atoms with van der Waals surface area (Å²) in [7, 11) is -2.09. The summed E-state index contributed by atoms with van der Waals surface area (Å²) in [6.07, 6.45) is 0.563. The summed E-state index contributed by atoms with van der Waals surface area (Å²) in [5.41, 5.74) is 0. The smallest absolute Gasteiger partial charge is 0.349 e. The zero-order valence-electron chi connectivity index (χ0n) is 12.8. The maximum Gasteiger partial charge on any atom is 0.349 e. The van der Waals surface area contributed by atoms with Crippen molar-refractivity contribution in [3.8, 4) is 0 Å². The van der Waals surface area contributed by atoms with Crippen molar-refractivity contribution in [2.24, 2.45) is 0 Å². The Kier molecular flexibility index (Phi) is 5.26. The number of carboxylic acids is 1. The van der Waals surface area contributed by atoms with E-state index in [1.807, 2.05) is 0 Å². The largest absolute Gasteiger partial charge is 0.480 e. The lowest BCUT2D eigenvalue weighted by molar-refractivity contribution is -0.140. The highest BCUT2D eigenvalue weighted by Gasteiger charge is 2.42. The third kappa shape index (κ3) is 3.14. The number of esters is 2. The van der Waals surface area contributed by atoms with Crippen molar-refractivity contribution < 1.29 is 37.4 Å². The Morgan fingerprint density at radius 1 is 1.25 bits per heavy atom. The van der Waals surface area contributed by atoms with Gasteiger partial charge >= 0.3 is 17.9 Å². The Morgan fingerprint density at radius 2 is 1.88 bits per heavy atom. The molecule has 0 bridgehead atoms. The summed E-state index contributed by atoms with van der Waals surface area (Å²) in [5, 5.41) is 9.18. The minimum absolute atomic E-state index is 0.0172. The van der Waals surface area contributed by atoms with Gasteiger partial charge in [0.2, 0.25) is 10.0 Å². The van der Waals surface area contributed by atoms with Gasteiger partial charge in [-0.05, 0) is 18.9 Å². The molecule has 1 aliphatic heterocycles. The first-order valence-electron chi connectivity index (χ1n) is 6.79. The molecule has 1 aliphatic rings. The standard InChI is InChI=1S/C13H15NO8S2/c1-21-12(17)8-6-9(10(23-8)13(18)22-2)24(19,20)14-5-3-4-7(14)11(15)16/h6-7H,3-5H2,1-2H3,(H,15,16). The van der Waals surface area contributed by atoms with Gasteiger partial charge in [-0.15, -0.1) is 11.3 Å². The molecule has 0 spiro atoms. The van der Waals surface area contributed by atoms with Crippen LogP contribution in [-0.4, -0.2) is 62.5 Å². The highest BCUT2D eigenvalue weighted by Crippen LogP contribution is 2.33. The zero-order valence-corrected chi connectivity index (χ0v) is 14.5. The minimum atomic E-state index is -4.29. The number of ether oxygens (including phenoxy) is 2. The van der Waals surface area contributed by atoms with E-state index in [9.17, 15) is 27.9 Å². The number of hydrogen-bond donors (Lipinski definition) is 1. The number of carbonyl (C=O) groups is 3. The Bertz CT molecular complexity index is 782. The molecule has 11 heteroatoms. The molecule has 1 unspecified atom stereocenters. The average molecular weight is 377 g/mol. The third-order valence-corrected chi connectivity index (χ3v) is 6.69. The van der Waals surface area contributed by atoms with Crippen molar-refractivity contribution in [2.45, 2.75) is 23.8 Å². The van der Waals surface area contributed by atoms with E-state index in [0.717, 1.165) is 24.6 Å². The fraction of sp³-hybridized carbons (Fsp3) is 0.462. The van der Waals surface area contributed by atoms with E-state index in [1.165, 1.54) is 0 Å². The van der Waals surface area contributed by atoms with Crippen LogP contribution < -0.4 is 0 Å². The lowest BCUT2D eigenvalue weighted by atomic mass is 10.2. The summed E-state index contributed by atoms with van der Waals surface area (Å²) in [4.78, 5) is 33.9. The fourth-order valence-corrected chi connectivity index (χ4v) is 5.55. The predicted molar refractivity (Wildman–Crippen MR) is 81.5 cm³/mol. The number of methoxy groups -OCH3 is 2. The van der Waals surface area contributed by atoms with E-state index >= 15 is 0 Å². The van der Waals surface area contributed by atoms with Gasteiger partial charge in [-0.25, -0.2) is 18.0 Å². The van der Waals surface area contributed by atoms with Crippen LogP contribution in [0.15, 0.2) is 11.0 Å². The maximum absolute atomic E-state index is 12.8. The SMILES string of the molecule is COC(=O)c1cc(S(=O)(=O)N2CCCC2C(=O)O)c(C(=O)OC)s1. The number of hydrogen-bond acceptors (Lipinski definition) is 8. The van der Waals surface area contributed by atoms with Crippen molar-refractivity contribution in [2.75, 3.05) is 20.8 Å². The van der Waals surface area contributed by atoms with Crippen molar-refractivity contribution in [3.63, 3.8) is 0 Å². The second kappa shape index (κ2) is 6.87. The van der Waals surface area contributed by atoms with Crippen molar-refractivity contribution in [1.82, 2.24) is 4.31 Å². The summed E-state index contributed by atoms with van der Waals surface area (Å²) in [6.45, 7) is 0.0172. The fourth-order valence-electron chi connectivity index (χ4n) is 2.40. The van der Waals surface area contributed by atoms with Gasteiger partial charge in [0.1, 0.15) is 20.7 Å². The molecule has 0 aromatic carbocycles. The van der Waals surface area contributed by atoms with Crippen molar-refractivity contribution >= 4 is 39.3 Å². The number of nitrogens with zero attached hydrogens (tertiary/aromatic N) is 1. The summed E-state index contributed by atoms with van der Waals surface area (Å²) in [5.74, 6) is -3.00. The molecular formula is C13H15NO8S2. The molecule has 9 nitrogen and oxygen atoms in total. The predicted octanol–water partition coefficient (Wildman–Crippen LogP) is 0.559. The van der Waals surface area contributed by atoms with Gasteiger partial charge in [0.05, 0.1) is 14.2 Å². The molecule has 0 aliphatic carbocycles. The molecule has 1 fully saturated rings. The van der Waals surface area contributed by atoms with Gasteiger partial charge in [0.25, 0.3) is 0 Å². The van der Waals surface area contributed by atoms with E-state index in [-0.39, 0.29) is 22.7 Å². The van der Waals surface area contributed by atoms with Crippen LogP contribution in [0, 0.1) is 0 Å². The third-order valence-electron chi connectivity index (χ3n) is 3.53. The van der Waals surface area contributed by atoms with Crippen LogP contribution in [0.5, 0.6) is 0 Å². The van der Waals surface area contributed by atoms with E-state index in [4.69, 9.17) is 0 Å². The lowest BCUT2D eigenvalue weighted by Crippen LogP contribution is -2.40. The average Bonchev–Trinajstić information content (AvgIpc) is 3.20. The van der Waals surface area contributed by atoms with E-state index in [1.54, 1.807) is 0 Å². The molecule has 1 saturated heterocycles. The molecule has 1 atom stereocenters. The summed E-state index contributed by atoms with van der Waals surface area (Å²) in [6, 6.07) is -0.197. The topological polar surface area (TPSA) is 127 Å². The number of sulfonamides is 1. The molecule has 1 N–H and O–H groups in total. The Hall–Kier alpha value is -1.98. The lowest BCUT2D eigenvalue weighted by Gasteiger charge is -2.20. The summed E-state index contributed by atoms with van der Waals surface area (Å²) >= 11 is 0.618. The maximum atomic E-state index is 12.8. The molecule has 24 heavy (non-hydrogen) atoms. The van der Waals surface area contributed by atoms with Crippen LogP contribution in [-0.2, 0) is 24.3 Å². The molecule has 0 radical (unpaired) electrons. The van der Waals surface area contributed by atoms with Gasteiger partial charge in [0.15, 0.2) is 0 Å². The first-order chi connectivity index (χ1) is 11.2. The van der Waals surface area contributed by atoms with E-state index < -0.39 is 38.9 Å². The second-order valence-corrected chi connectivity index (χ2v) is 7.81. The molecule has 132 valence electrons. The van der Waals surface area contributed by atoms with E-state index in [2.05, 4.69) is 9.47 Å². The number of thiophene rings is 1. The second-order valence-electron chi connectivity index (χ2n) is 4.90. The molecule has 0 amide bonds. The Labute approximate surface area is 141 Å². The quantitative estimate of drug-likeness (QED) is 0.737. The summed E-state index contributed by atoms with van der Waals surface area (Å²) < 4.78 is 35.6. The normalized spacial score (nSPS) is 18.3. The molecule has 2 rings (SSSR count). The number of aliphatic carboxylic acids is 1. The first kappa shape index (κ1) is 18.4. The van der Waals surface area contributed by atoms with Crippen LogP contribution in [0.3, 0.4) is 0 Å². The molecule has 1 aromatic rings. The van der Waals surface area contributed by atoms with Gasteiger partial charge in [-0.1, -0.05) is 0 Å². The van der Waals surface area contributed by atoms with Crippen LogP contribution in [0.4, 0.5) is 0 Å². The van der Waals surface area contributed by atoms with Gasteiger partial charge < -0.3 is 14.6 Å². The van der Waals surface area contributed by atoms with Gasteiger partial charge in [-0.2, -0.15) is 4.31 Å². The highest BCUT2D eigenvalue weighted by molar-refractivity contribution is 7.89. The number of carboxylic acid groups (broad SMARTS) is 1. The number of carbonyl (C=O) groups excluding carboxylic acids is 2. The Morgan fingerprint density at radius 3 is 2.42 bits per heavy atom. The Balaban J connectivity index is 2.56. The van der Waals surface area contributed by atoms with E-state index in [0.29, 0.717) is 17.8 Å². The van der Waals surface area contributed by atoms with Crippen LogP contribution in [0.2, 0.25) is 0 Å². The van der Waals surface area contributed by atoms with Crippen LogP contribution >= 0.6 is 11.3 Å². The van der Waals surface area contributed by atoms with Crippen molar-refractivity contribution in [3.05, 3.63) is 15.8 Å². The molecule has 2 heterocycles. The molecule has 1 aromatic heterocycles. The molecule has 0 saturated carbocycles. The highest BCUT2D eigenvalue weighted by atomic mass is 32.2. The minimum Gasteiger partial charge on any atom is -0.480 e. The molecular weight excluding hydrogens is 362 g/mol. The van der Waals surface area contributed by atoms with Crippen LogP contribution in [0.25, 0.3) is 0 Å². The van der Waals surface area contributed by atoms with Gasteiger partial charge in [0, 0.05) is 6.54 Å². The van der Waals surface area contributed by atoms with Crippen molar-refractivity contribution in [1.29, 1.82) is 0 Å². The first-order valence-corrected chi connectivity index (χ1v) is 9.04. The van der Waals surface area contributed by atoms with Crippen LogP contribution in [0.1, 0.15) is 32.2 Å². The number of rotatable bonds is 5. The monoisotopic (exact) mass is 377 g/mol. The van der Waals surface area contributed by atoms with Gasteiger partial charge in [-0.3, -0.25) is 4.79 Å².